The van der Waals surface area contributed by atoms with Gasteiger partial charge in [0.25, 0.3) is 0 Å². The highest BCUT2D eigenvalue weighted by Gasteiger charge is 2.34. The molecule has 0 aliphatic heterocycles. The molecule has 2 rings (SSSR count). The molecular weight excluding hydrogens is 470 g/mol. The second-order valence-corrected chi connectivity index (χ2v) is 10.7. The lowest BCUT2D eigenvalue weighted by Crippen LogP contribution is -2.51. The SMILES string of the molecule is CC(C)NC(=O)C[C@@H](C(=O)NC[C@@H](O)[C@H](Cc1ccccc1)NC(=O)OCc1ccccc1)C(C)(C)C. The van der Waals surface area contributed by atoms with Crippen LogP contribution >= 0.6 is 0 Å². The molecule has 2 aromatic rings. The van der Waals surface area contributed by atoms with Crippen molar-refractivity contribution in [2.45, 2.75) is 72.3 Å². The highest BCUT2D eigenvalue weighted by atomic mass is 16.5. The molecule has 4 N–H and O–H groups in total. The lowest BCUT2D eigenvalue weighted by atomic mass is 9.78. The first-order valence-electron chi connectivity index (χ1n) is 12.7. The Balaban J connectivity index is 2.04. The van der Waals surface area contributed by atoms with Crippen LogP contribution in [-0.4, -0.2) is 47.7 Å². The molecule has 2 aromatic carbocycles. The van der Waals surface area contributed by atoms with Crippen molar-refractivity contribution in [1.82, 2.24) is 16.0 Å². The van der Waals surface area contributed by atoms with Crippen LogP contribution in [0.1, 0.15) is 52.2 Å². The first-order valence-corrected chi connectivity index (χ1v) is 12.7. The van der Waals surface area contributed by atoms with Crippen molar-refractivity contribution in [2.75, 3.05) is 6.54 Å². The maximum atomic E-state index is 13.1. The lowest BCUT2D eigenvalue weighted by molar-refractivity contribution is -0.134. The minimum atomic E-state index is -1.08. The fourth-order valence-corrected chi connectivity index (χ4v) is 3.90. The highest BCUT2D eigenvalue weighted by Crippen LogP contribution is 2.29. The van der Waals surface area contributed by atoms with E-state index in [2.05, 4.69) is 16.0 Å². The number of carbonyl (C=O) groups is 3. The molecule has 0 spiro atoms. The molecule has 0 saturated carbocycles. The molecule has 0 aliphatic rings. The van der Waals surface area contributed by atoms with Crippen molar-refractivity contribution in [2.24, 2.45) is 11.3 Å². The fraction of sp³-hybridized carbons (Fsp3) is 0.483. The molecule has 0 aliphatic carbocycles. The molecule has 0 fully saturated rings. The van der Waals surface area contributed by atoms with E-state index in [1.165, 1.54) is 0 Å². The van der Waals surface area contributed by atoms with Crippen LogP contribution in [0.4, 0.5) is 4.79 Å². The maximum Gasteiger partial charge on any atom is 0.407 e. The Hall–Kier alpha value is -3.39. The molecule has 8 nitrogen and oxygen atoms in total. The molecule has 3 atom stereocenters. The Morgan fingerprint density at radius 2 is 1.46 bits per heavy atom. The van der Waals surface area contributed by atoms with Crippen LogP contribution < -0.4 is 16.0 Å². The van der Waals surface area contributed by atoms with Crippen LogP contribution in [0.2, 0.25) is 0 Å². The van der Waals surface area contributed by atoms with Crippen molar-refractivity contribution >= 4 is 17.9 Å². The molecular formula is C29H41N3O5. The monoisotopic (exact) mass is 511 g/mol. The van der Waals surface area contributed by atoms with Crippen LogP contribution in [0.5, 0.6) is 0 Å². The number of hydrogen-bond acceptors (Lipinski definition) is 5. The topological polar surface area (TPSA) is 117 Å². The van der Waals surface area contributed by atoms with E-state index in [4.69, 9.17) is 4.74 Å². The first kappa shape index (κ1) is 29.8. The summed E-state index contributed by atoms with van der Waals surface area (Å²) in [6.07, 6.45) is -1.36. The van der Waals surface area contributed by atoms with Gasteiger partial charge in [-0.25, -0.2) is 4.79 Å². The number of ether oxygens (including phenoxy) is 1. The number of alkyl carbamates (subject to hydrolysis) is 1. The van der Waals surface area contributed by atoms with Crippen molar-refractivity contribution in [1.29, 1.82) is 0 Å². The number of hydrogen-bond donors (Lipinski definition) is 4. The summed E-state index contributed by atoms with van der Waals surface area (Å²) in [7, 11) is 0. The summed E-state index contributed by atoms with van der Waals surface area (Å²) in [5.74, 6) is -1.11. The number of aliphatic hydroxyl groups excluding tert-OH is 1. The normalized spacial score (nSPS) is 13.8. The summed E-state index contributed by atoms with van der Waals surface area (Å²) >= 11 is 0. The Kier molecular flexibility index (Phi) is 11.6. The summed E-state index contributed by atoms with van der Waals surface area (Å²) in [6, 6.07) is 18.0. The second kappa shape index (κ2) is 14.4. The van der Waals surface area contributed by atoms with Gasteiger partial charge in [-0.05, 0) is 36.8 Å². The average Bonchev–Trinajstić information content (AvgIpc) is 2.84. The largest absolute Gasteiger partial charge is 0.445 e. The van der Waals surface area contributed by atoms with E-state index in [-0.39, 0.29) is 37.4 Å². The lowest BCUT2D eigenvalue weighted by Gasteiger charge is -2.30. The molecule has 8 heteroatoms. The van der Waals surface area contributed by atoms with E-state index in [9.17, 15) is 19.5 Å². The van der Waals surface area contributed by atoms with Gasteiger partial charge < -0.3 is 25.8 Å². The number of rotatable bonds is 12. The maximum absolute atomic E-state index is 13.1. The summed E-state index contributed by atoms with van der Waals surface area (Å²) in [5.41, 5.74) is 1.30. The zero-order chi connectivity index (χ0) is 27.4. The van der Waals surface area contributed by atoms with Crippen LogP contribution in [0, 0.1) is 11.3 Å². The first-order chi connectivity index (χ1) is 17.5. The van der Waals surface area contributed by atoms with Gasteiger partial charge >= 0.3 is 6.09 Å². The molecule has 0 unspecified atom stereocenters. The number of benzene rings is 2. The van der Waals surface area contributed by atoms with E-state index in [1.54, 1.807) is 0 Å². The number of amides is 3. The molecule has 3 amide bonds. The van der Waals surface area contributed by atoms with Crippen LogP contribution in [-0.2, 0) is 27.4 Å². The molecule has 0 bridgehead atoms. The Morgan fingerprint density at radius 1 is 0.892 bits per heavy atom. The highest BCUT2D eigenvalue weighted by molar-refractivity contribution is 5.86. The number of carbonyl (C=O) groups excluding carboxylic acids is 3. The van der Waals surface area contributed by atoms with Crippen LogP contribution in [0.25, 0.3) is 0 Å². The minimum Gasteiger partial charge on any atom is -0.445 e. The van der Waals surface area contributed by atoms with Crippen molar-refractivity contribution in [3.8, 4) is 0 Å². The third-order valence-electron chi connectivity index (χ3n) is 5.97. The van der Waals surface area contributed by atoms with Crippen LogP contribution in [0.3, 0.4) is 0 Å². The molecule has 202 valence electrons. The second-order valence-electron chi connectivity index (χ2n) is 10.7. The summed E-state index contributed by atoms with van der Waals surface area (Å²) in [4.78, 5) is 37.9. The Labute approximate surface area is 220 Å². The Morgan fingerprint density at radius 3 is 2.00 bits per heavy atom. The third-order valence-corrected chi connectivity index (χ3v) is 5.97. The van der Waals surface area contributed by atoms with E-state index < -0.39 is 29.6 Å². The fourth-order valence-electron chi connectivity index (χ4n) is 3.90. The predicted molar refractivity (Wildman–Crippen MR) is 144 cm³/mol. The molecule has 0 radical (unpaired) electrons. The molecule has 0 saturated heterocycles. The van der Waals surface area contributed by atoms with E-state index >= 15 is 0 Å². The third kappa shape index (κ3) is 11.0. The zero-order valence-electron chi connectivity index (χ0n) is 22.5. The van der Waals surface area contributed by atoms with Gasteiger partial charge in [0.1, 0.15) is 6.61 Å². The van der Waals surface area contributed by atoms with Gasteiger partial charge in [0.15, 0.2) is 0 Å². The van der Waals surface area contributed by atoms with Crippen molar-refractivity contribution in [3.63, 3.8) is 0 Å². The number of nitrogens with one attached hydrogen (secondary N) is 3. The minimum absolute atomic E-state index is 0.0236. The van der Waals surface area contributed by atoms with Gasteiger partial charge in [-0.15, -0.1) is 0 Å². The molecule has 0 aromatic heterocycles. The Bertz CT molecular complexity index is 990. The average molecular weight is 512 g/mol. The predicted octanol–water partition coefficient (Wildman–Crippen LogP) is 3.58. The molecule has 37 heavy (non-hydrogen) atoms. The molecule has 0 heterocycles. The standard InChI is InChI=1S/C29H41N3O5/c1-20(2)31-26(34)17-23(29(3,4)5)27(35)30-18-25(33)24(16-21-12-8-6-9-13-21)32-28(36)37-19-22-14-10-7-11-15-22/h6-15,20,23-25,33H,16-19H2,1-5H3,(H,30,35)(H,31,34)(H,32,36)/t23-,24-,25+/m0/s1. The summed E-state index contributed by atoms with van der Waals surface area (Å²) < 4.78 is 5.34. The summed E-state index contributed by atoms with van der Waals surface area (Å²) in [5, 5.41) is 19.3. The van der Waals surface area contributed by atoms with Gasteiger partial charge in [-0.2, -0.15) is 0 Å². The van der Waals surface area contributed by atoms with E-state index in [1.807, 2.05) is 95.3 Å². The van der Waals surface area contributed by atoms with Crippen molar-refractivity contribution in [3.05, 3.63) is 71.8 Å². The quantitative estimate of drug-likeness (QED) is 0.348. The van der Waals surface area contributed by atoms with Gasteiger partial charge in [-0.1, -0.05) is 81.4 Å². The van der Waals surface area contributed by atoms with Gasteiger partial charge in [0.05, 0.1) is 18.1 Å². The van der Waals surface area contributed by atoms with Gasteiger partial charge in [0.2, 0.25) is 11.8 Å². The summed E-state index contributed by atoms with van der Waals surface area (Å²) in [6.45, 7) is 9.45. The van der Waals surface area contributed by atoms with Crippen molar-refractivity contribution < 1.29 is 24.2 Å². The van der Waals surface area contributed by atoms with Crippen LogP contribution in [0.15, 0.2) is 60.7 Å². The smallest absolute Gasteiger partial charge is 0.407 e. The van der Waals surface area contributed by atoms with Gasteiger partial charge in [0, 0.05) is 19.0 Å². The van der Waals surface area contributed by atoms with E-state index in [0.29, 0.717) is 6.42 Å². The number of aliphatic hydroxyl groups is 1. The zero-order valence-corrected chi connectivity index (χ0v) is 22.5. The van der Waals surface area contributed by atoms with Gasteiger partial charge in [-0.3, -0.25) is 9.59 Å². The van der Waals surface area contributed by atoms with E-state index in [0.717, 1.165) is 11.1 Å².